The lowest BCUT2D eigenvalue weighted by atomic mass is 9.96. The predicted octanol–water partition coefficient (Wildman–Crippen LogP) is 6.44. The van der Waals surface area contributed by atoms with E-state index in [-0.39, 0.29) is 6.17 Å². The van der Waals surface area contributed by atoms with Crippen LogP contribution in [0, 0.1) is 0 Å². The second kappa shape index (κ2) is 8.30. The standard InChI is InChI=1S/C25H27N3/c1-3-20(4-2)26-17-23-27-24-21(18-11-7-5-8-12-18)15-16-22(25(24)28-23)19-13-9-6-10-14-19/h5-17,20,23,27-28H,3-4H2,1-2H3. The van der Waals surface area contributed by atoms with E-state index in [4.69, 9.17) is 4.99 Å². The highest BCUT2D eigenvalue weighted by molar-refractivity contribution is 6.01. The second-order valence-electron chi connectivity index (χ2n) is 7.18. The van der Waals surface area contributed by atoms with Crippen molar-refractivity contribution < 1.29 is 0 Å². The number of benzene rings is 3. The van der Waals surface area contributed by atoms with E-state index in [1.165, 1.54) is 22.3 Å². The number of aliphatic imine (C=N–C) groups is 1. The first kappa shape index (κ1) is 18.3. The highest BCUT2D eigenvalue weighted by Gasteiger charge is 2.25. The number of nitrogens with zero attached hydrogens (tertiary/aromatic N) is 1. The molecule has 0 spiro atoms. The third-order valence-electron chi connectivity index (χ3n) is 5.36. The van der Waals surface area contributed by atoms with Crippen molar-refractivity contribution in [2.24, 2.45) is 4.99 Å². The Morgan fingerprint density at radius 1 is 0.750 bits per heavy atom. The molecule has 3 heteroatoms. The number of anilines is 2. The zero-order valence-electron chi connectivity index (χ0n) is 16.5. The summed E-state index contributed by atoms with van der Waals surface area (Å²) in [6.07, 6.45) is 4.17. The van der Waals surface area contributed by atoms with Crippen molar-refractivity contribution in [1.29, 1.82) is 0 Å². The first-order chi connectivity index (χ1) is 13.8. The Balaban J connectivity index is 1.75. The Morgan fingerprint density at radius 2 is 1.21 bits per heavy atom. The summed E-state index contributed by atoms with van der Waals surface area (Å²) in [5.41, 5.74) is 7.14. The number of hydrogen-bond donors (Lipinski definition) is 2. The number of fused-ring (bicyclic) bond motifs is 1. The molecule has 3 aromatic carbocycles. The van der Waals surface area contributed by atoms with Gasteiger partial charge in [-0.25, -0.2) is 0 Å². The molecule has 0 bridgehead atoms. The summed E-state index contributed by atoms with van der Waals surface area (Å²) >= 11 is 0. The van der Waals surface area contributed by atoms with Crippen LogP contribution < -0.4 is 10.6 Å². The highest BCUT2D eigenvalue weighted by atomic mass is 15.2. The van der Waals surface area contributed by atoms with Gasteiger partial charge in [-0.2, -0.15) is 0 Å². The summed E-state index contributed by atoms with van der Waals surface area (Å²) < 4.78 is 0. The van der Waals surface area contributed by atoms with Crippen LogP contribution in [-0.4, -0.2) is 18.4 Å². The number of nitrogens with one attached hydrogen (secondary N) is 2. The van der Waals surface area contributed by atoms with Crippen molar-refractivity contribution in [3.05, 3.63) is 72.8 Å². The Labute approximate surface area is 167 Å². The van der Waals surface area contributed by atoms with Gasteiger partial charge in [-0.15, -0.1) is 0 Å². The molecule has 2 N–H and O–H groups in total. The molecule has 28 heavy (non-hydrogen) atoms. The first-order valence-electron chi connectivity index (χ1n) is 10.1. The summed E-state index contributed by atoms with van der Waals surface area (Å²) in [5.74, 6) is 0. The van der Waals surface area contributed by atoms with Crippen LogP contribution in [0.25, 0.3) is 22.3 Å². The minimum absolute atomic E-state index is 0.00271. The van der Waals surface area contributed by atoms with Crippen LogP contribution in [0.4, 0.5) is 11.4 Å². The molecule has 142 valence electrons. The molecular formula is C25H27N3. The molecule has 0 aliphatic carbocycles. The zero-order valence-corrected chi connectivity index (χ0v) is 16.5. The van der Waals surface area contributed by atoms with Crippen molar-refractivity contribution in [2.45, 2.75) is 38.9 Å². The number of rotatable bonds is 6. The predicted molar refractivity (Wildman–Crippen MR) is 121 cm³/mol. The van der Waals surface area contributed by atoms with Crippen molar-refractivity contribution >= 4 is 17.6 Å². The smallest absolute Gasteiger partial charge is 0.133 e. The molecule has 0 fully saturated rings. The molecule has 0 unspecified atom stereocenters. The second-order valence-corrected chi connectivity index (χ2v) is 7.18. The van der Waals surface area contributed by atoms with Gasteiger partial charge in [-0.05, 0) is 24.0 Å². The molecule has 1 heterocycles. The summed E-state index contributed by atoms with van der Waals surface area (Å²) in [6.45, 7) is 4.38. The summed E-state index contributed by atoms with van der Waals surface area (Å²) in [5, 5.41) is 7.31. The lowest BCUT2D eigenvalue weighted by Gasteiger charge is -2.12. The molecular weight excluding hydrogens is 342 g/mol. The molecule has 0 atom stereocenters. The fourth-order valence-electron chi connectivity index (χ4n) is 3.75. The molecule has 4 rings (SSSR count). The van der Waals surface area contributed by atoms with Crippen LogP contribution in [-0.2, 0) is 0 Å². The number of hydrogen-bond acceptors (Lipinski definition) is 3. The van der Waals surface area contributed by atoms with E-state index in [1.807, 2.05) is 6.21 Å². The zero-order chi connectivity index (χ0) is 19.3. The average Bonchev–Trinajstić information content (AvgIpc) is 3.19. The summed E-state index contributed by atoms with van der Waals surface area (Å²) in [4.78, 5) is 4.78. The maximum atomic E-state index is 4.78. The molecule has 3 nitrogen and oxygen atoms in total. The largest absolute Gasteiger partial charge is 0.359 e. The van der Waals surface area contributed by atoms with E-state index in [2.05, 4.69) is 97.3 Å². The van der Waals surface area contributed by atoms with Crippen LogP contribution in [0.1, 0.15) is 26.7 Å². The van der Waals surface area contributed by atoms with Gasteiger partial charge in [0, 0.05) is 23.4 Å². The van der Waals surface area contributed by atoms with E-state index >= 15 is 0 Å². The summed E-state index contributed by atoms with van der Waals surface area (Å²) in [7, 11) is 0. The van der Waals surface area contributed by atoms with Crippen LogP contribution in [0.5, 0.6) is 0 Å². The van der Waals surface area contributed by atoms with Gasteiger partial charge in [-0.1, -0.05) is 86.6 Å². The molecule has 0 radical (unpaired) electrons. The lowest BCUT2D eigenvalue weighted by Crippen LogP contribution is -2.24. The van der Waals surface area contributed by atoms with Crippen LogP contribution in [0.2, 0.25) is 0 Å². The molecule has 0 aromatic heterocycles. The van der Waals surface area contributed by atoms with Gasteiger partial charge >= 0.3 is 0 Å². The third-order valence-corrected chi connectivity index (χ3v) is 5.36. The van der Waals surface area contributed by atoms with Crippen LogP contribution >= 0.6 is 0 Å². The average molecular weight is 370 g/mol. The Hall–Kier alpha value is -3.07. The molecule has 0 saturated heterocycles. The van der Waals surface area contributed by atoms with Gasteiger partial charge < -0.3 is 10.6 Å². The molecule has 0 amide bonds. The van der Waals surface area contributed by atoms with Crippen LogP contribution in [0.15, 0.2) is 77.8 Å². The topological polar surface area (TPSA) is 36.4 Å². The van der Waals surface area contributed by atoms with E-state index < -0.39 is 0 Å². The quantitative estimate of drug-likeness (QED) is 0.490. The normalized spacial score (nSPS) is 13.5. The maximum Gasteiger partial charge on any atom is 0.133 e. The monoisotopic (exact) mass is 369 g/mol. The maximum absolute atomic E-state index is 4.78. The van der Waals surface area contributed by atoms with Gasteiger partial charge in [0.25, 0.3) is 0 Å². The van der Waals surface area contributed by atoms with Crippen molar-refractivity contribution in [3.8, 4) is 22.3 Å². The molecule has 3 aromatic rings. The Bertz CT molecular complexity index is 876. The Morgan fingerprint density at radius 3 is 1.64 bits per heavy atom. The molecule has 0 saturated carbocycles. The van der Waals surface area contributed by atoms with Crippen molar-refractivity contribution in [1.82, 2.24) is 0 Å². The SMILES string of the molecule is CCC(CC)N=CC1Nc2c(-c3ccccc3)ccc(-c3ccccc3)c2N1. The minimum atomic E-state index is 0.00271. The fraction of sp³-hybridized carbons (Fsp3) is 0.240. The van der Waals surface area contributed by atoms with Crippen LogP contribution in [0.3, 0.4) is 0 Å². The van der Waals surface area contributed by atoms with Gasteiger partial charge in [-0.3, -0.25) is 4.99 Å². The fourth-order valence-corrected chi connectivity index (χ4v) is 3.75. The molecule has 1 aliphatic rings. The first-order valence-corrected chi connectivity index (χ1v) is 10.1. The highest BCUT2D eigenvalue weighted by Crippen LogP contribution is 2.44. The van der Waals surface area contributed by atoms with Gasteiger partial charge in [0.15, 0.2) is 0 Å². The third kappa shape index (κ3) is 3.65. The van der Waals surface area contributed by atoms with Crippen molar-refractivity contribution in [2.75, 3.05) is 10.6 Å². The van der Waals surface area contributed by atoms with E-state index in [1.54, 1.807) is 0 Å². The Kier molecular flexibility index (Phi) is 5.43. The van der Waals surface area contributed by atoms with E-state index in [0.29, 0.717) is 6.04 Å². The molecule has 1 aliphatic heterocycles. The summed E-state index contributed by atoms with van der Waals surface area (Å²) in [6, 6.07) is 25.9. The van der Waals surface area contributed by atoms with Gasteiger partial charge in [0.05, 0.1) is 11.4 Å². The van der Waals surface area contributed by atoms with Gasteiger partial charge in [0.1, 0.15) is 6.17 Å². The van der Waals surface area contributed by atoms with Gasteiger partial charge in [0.2, 0.25) is 0 Å². The van der Waals surface area contributed by atoms with E-state index in [0.717, 1.165) is 24.2 Å². The van der Waals surface area contributed by atoms with E-state index in [9.17, 15) is 0 Å². The van der Waals surface area contributed by atoms with Crippen molar-refractivity contribution in [3.63, 3.8) is 0 Å². The minimum Gasteiger partial charge on any atom is -0.359 e. The lowest BCUT2D eigenvalue weighted by molar-refractivity contribution is 0.632.